The van der Waals surface area contributed by atoms with Crippen LogP contribution in [0.2, 0.25) is 0 Å². The number of nitriles is 1. The predicted molar refractivity (Wildman–Crippen MR) is 86.3 cm³/mol. The van der Waals surface area contributed by atoms with Crippen molar-refractivity contribution in [3.8, 4) is 6.07 Å². The SMILES string of the molecule is CC(Nc1cccc2c1CCCC2)c1cccc(C#N)c1. The van der Waals surface area contributed by atoms with Crippen LogP contribution in [0.3, 0.4) is 0 Å². The van der Waals surface area contributed by atoms with E-state index in [1.54, 1.807) is 0 Å². The van der Waals surface area contributed by atoms with Gasteiger partial charge in [0.2, 0.25) is 0 Å². The van der Waals surface area contributed by atoms with Gasteiger partial charge >= 0.3 is 0 Å². The largest absolute Gasteiger partial charge is 0.378 e. The minimum absolute atomic E-state index is 0.201. The van der Waals surface area contributed by atoms with Crippen molar-refractivity contribution in [1.82, 2.24) is 0 Å². The Labute approximate surface area is 126 Å². The van der Waals surface area contributed by atoms with Gasteiger partial charge in [-0.05, 0) is 67.5 Å². The molecule has 0 fully saturated rings. The third kappa shape index (κ3) is 2.92. The third-order valence-electron chi connectivity index (χ3n) is 4.28. The average molecular weight is 276 g/mol. The second-order valence-electron chi connectivity index (χ2n) is 5.75. The maximum absolute atomic E-state index is 9.02. The number of fused-ring (bicyclic) bond motifs is 1. The second-order valence-corrected chi connectivity index (χ2v) is 5.75. The molecule has 21 heavy (non-hydrogen) atoms. The van der Waals surface area contributed by atoms with E-state index in [1.165, 1.54) is 42.5 Å². The first kappa shape index (κ1) is 13.7. The van der Waals surface area contributed by atoms with Crippen LogP contribution in [0.25, 0.3) is 0 Å². The van der Waals surface area contributed by atoms with Crippen LogP contribution >= 0.6 is 0 Å². The van der Waals surface area contributed by atoms with Crippen molar-refractivity contribution in [3.05, 3.63) is 64.7 Å². The van der Waals surface area contributed by atoms with E-state index in [4.69, 9.17) is 5.26 Å². The molecule has 2 aromatic rings. The van der Waals surface area contributed by atoms with Crippen molar-refractivity contribution in [3.63, 3.8) is 0 Å². The van der Waals surface area contributed by atoms with Crippen LogP contribution in [0.15, 0.2) is 42.5 Å². The Bertz CT molecular complexity index is 682. The molecule has 0 heterocycles. The van der Waals surface area contributed by atoms with Crippen LogP contribution in [0, 0.1) is 11.3 Å². The number of anilines is 1. The monoisotopic (exact) mass is 276 g/mol. The first-order chi connectivity index (χ1) is 10.3. The van der Waals surface area contributed by atoms with Crippen LogP contribution in [0.5, 0.6) is 0 Å². The van der Waals surface area contributed by atoms with E-state index in [9.17, 15) is 0 Å². The standard InChI is InChI=1S/C19H20N2/c1-14(17-9-4-6-15(12-17)13-20)21-19-11-5-8-16-7-2-3-10-18(16)19/h4-6,8-9,11-12,14,21H,2-3,7,10H2,1H3. The summed E-state index contributed by atoms with van der Waals surface area (Å²) in [6, 6.07) is 16.8. The number of rotatable bonds is 3. The lowest BCUT2D eigenvalue weighted by molar-refractivity contribution is 0.685. The van der Waals surface area contributed by atoms with Crippen molar-refractivity contribution in [2.24, 2.45) is 0 Å². The predicted octanol–water partition coefficient (Wildman–Crippen LogP) is 4.61. The van der Waals surface area contributed by atoms with Gasteiger partial charge in [-0.1, -0.05) is 24.3 Å². The van der Waals surface area contributed by atoms with Gasteiger partial charge in [0, 0.05) is 11.7 Å². The summed E-state index contributed by atoms with van der Waals surface area (Å²) >= 11 is 0. The van der Waals surface area contributed by atoms with Crippen molar-refractivity contribution in [2.75, 3.05) is 5.32 Å². The fraction of sp³-hybridized carbons (Fsp3) is 0.316. The molecule has 2 aromatic carbocycles. The summed E-state index contributed by atoms with van der Waals surface area (Å²) in [5.74, 6) is 0. The lowest BCUT2D eigenvalue weighted by Crippen LogP contribution is -2.12. The highest BCUT2D eigenvalue weighted by Crippen LogP contribution is 2.30. The lowest BCUT2D eigenvalue weighted by Gasteiger charge is -2.23. The minimum Gasteiger partial charge on any atom is -0.378 e. The zero-order valence-corrected chi connectivity index (χ0v) is 12.4. The van der Waals surface area contributed by atoms with E-state index in [-0.39, 0.29) is 6.04 Å². The van der Waals surface area contributed by atoms with E-state index < -0.39 is 0 Å². The Morgan fingerprint density at radius 3 is 2.76 bits per heavy atom. The van der Waals surface area contributed by atoms with Gasteiger partial charge in [-0.25, -0.2) is 0 Å². The summed E-state index contributed by atoms with van der Waals surface area (Å²) in [5, 5.41) is 12.6. The van der Waals surface area contributed by atoms with E-state index in [1.807, 2.05) is 18.2 Å². The Morgan fingerprint density at radius 2 is 1.90 bits per heavy atom. The number of hydrogen-bond donors (Lipinski definition) is 1. The second kappa shape index (κ2) is 6.01. The van der Waals surface area contributed by atoms with Crippen LogP contribution in [0.1, 0.15) is 48.1 Å². The van der Waals surface area contributed by atoms with Gasteiger partial charge < -0.3 is 5.32 Å². The van der Waals surface area contributed by atoms with Crippen LogP contribution in [-0.4, -0.2) is 0 Å². The van der Waals surface area contributed by atoms with Gasteiger partial charge in [-0.15, -0.1) is 0 Å². The quantitative estimate of drug-likeness (QED) is 0.888. The molecule has 1 aliphatic rings. The summed E-state index contributed by atoms with van der Waals surface area (Å²) in [6.07, 6.45) is 4.95. The molecule has 1 unspecified atom stereocenters. The molecule has 0 saturated carbocycles. The van der Waals surface area contributed by atoms with E-state index >= 15 is 0 Å². The number of aryl methyl sites for hydroxylation is 1. The number of benzene rings is 2. The topological polar surface area (TPSA) is 35.8 Å². The van der Waals surface area contributed by atoms with Crippen LogP contribution in [0.4, 0.5) is 5.69 Å². The number of nitrogens with one attached hydrogen (secondary N) is 1. The van der Waals surface area contributed by atoms with Crippen molar-refractivity contribution in [1.29, 1.82) is 5.26 Å². The third-order valence-corrected chi connectivity index (χ3v) is 4.28. The summed E-state index contributed by atoms with van der Waals surface area (Å²) in [7, 11) is 0. The fourth-order valence-corrected chi connectivity index (χ4v) is 3.11. The van der Waals surface area contributed by atoms with Crippen molar-refractivity contribution >= 4 is 5.69 Å². The van der Waals surface area contributed by atoms with Crippen molar-refractivity contribution < 1.29 is 0 Å². The highest BCUT2D eigenvalue weighted by atomic mass is 14.9. The smallest absolute Gasteiger partial charge is 0.0991 e. The maximum Gasteiger partial charge on any atom is 0.0991 e. The van der Waals surface area contributed by atoms with Gasteiger partial charge in [0.25, 0.3) is 0 Å². The van der Waals surface area contributed by atoms with E-state index in [0.29, 0.717) is 0 Å². The zero-order chi connectivity index (χ0) is 14.7. The Hall–Kier alpha value is -2.27. The Balaban J connectivity index is 1.85. The molecule has 0 bridgehead atoms. The highest BCUT2D eigenvalue weighted by molar-refractivity contribution is 5.57. The molecule has 3 rings (SSSR count). The van der Waals surface area contributed by atoms with Crippen LogP contribution < -0.4 is 5.32 Å². The molecule has 1 N–H and O–H groups in total. The molecular formula is C19H20N2. The Kier molecular flexibility index (Phi) is 3.92. The highest BCUT2D eigenvalue weighted by Gasteiger charge is 2.14. The van der Waals surface area contributed by atoms with Gasteiger partial charge in [0.15, 0.2) is 0 Å². The summed E-state index contributed by atoms with van der Waals surface area (Å²) in [6.45, 7) is 2.15. The fourth-order valence-electron chi connectivity index (χ4n) is 3.11. The van der Waals surface area contributed by atoms with Gasteiger partial charge in [0.05, 0.1) is 11.6 Å². The zero-order valence-electron chi connectivity index (χ0n) is 12.4. The summed E-state index contributed by atoms with van der Waals surface area (Å²) in [4.78, 5) is 0. The molecule has 1 atom stereocenters. The summed E-state index contributed by atoms with van der Waals surface area (Å²) in [5.41, 5.74) is 6.09. The normalized spacial score (nSPS) is 14.9. The lowest BCUT2D eigenvalue weighted by atomic mass is 9.90. The molecule has 2 nitrogen and oxygen atoms in total. The molecule has 0 radical (unpaired) electrons. The minimum atomic E-state index is 0.201. The molecule has 1 aliphatic carbocycles. The first-order valence-electron chi connectivity index (χ1n) is 7.65. The molecule has 0 spiro atoms. The van der Waals surface area contributed by atoms with Crippen LogP contribution in [-0.2, 0) is 12.8 Å². The van der Waals surface area contributed by atoms with E-state index in [2.05, 4.69) is 42.6 Å². The first-order valence-corrected chi connectivity index (χ1v) is 7.65. The molecule has 106 valence electrons. The number of nitrogens with zero attached hydrogens (tertiary/aromatic N) is 1. The van der Waals surface area contributed by atoms with Gasteiger partial charge in [-0.2, -0.15) is 5.26 Å². The maximum atomic E-state index is 9.02. The molecule has 0 saturated heterocycles. The average Bonchev–Trinajstić information content (AvgIpc) is 2.55. The van der Waals surface area contributed by atoms with Gasteiger partial charge in [-0.3, -0.25) is 0 Å². The molecular weight excluding hydrogens is 256 g/mol. The molecule has 2 heteroatoms. The molecule has 0 aromatic heterocycles. The van der Waals surface area contributed by atoms with E-state index in [0.717, 1.165) is 11.1 Å². The van der Waals surface area contributed by atoms with Gasteiger partial charge in [0.1, 0.15) is 0 Å². The molecule has 0 aliphatic heterocycles. The van der Waals surface area contributed by atoms with Crippen molar-refractivity contribution in [2.45, 2.75) is 38.6 Å². The summed E-state index contributed by atoms with van der Waals surface area (Å²) < 4.78 is 0. The Morgan fingerprint density at radius 1 is 1.10 bits per heavy atom. The number of hydrogen-bond acceptors (Lipinski definition) is 2. The molecule has 0 amide bonds.